The second-order valence-corrected chi connectivity index (χ2v) is 8.12. The maximum Gasteiger partial charge on any atom is 0.261 e. The zero-order chi connectivity index (χ0) is 20.1. The van der Waals surface area contributed by atoms with Crippen LogP contribution in [0.25, 0.3) is 0 Å². The van der Waals surface area contributed by atoms with Gasteiger partial charge in [0.25, 0.3) is 15.9 Å². The van der Waals surface area contributed by atoms with Crippen LogP contribution >= 0.6 is 11.6 Å². The molecule has 0 aromatic heterocycles. The number of anilines is 1. The summed E-state index contributed by atoms with van der Waals surface area (Å²) in [6, 6.07) is 21.3. The fraction of sp³-hybridized carbons (Fsp3) is 0.0500. The van der Waals surface area contributed by atoms with Gasteiger partial charge in [0.05, 0.1) is 10.8 Å². The van der Waals surface area contributed by atoms with Crippen LogP contribution in [0.15, 0.2) is 83.8 Å². The summed E-state index contributed by atoms with van der Waals surface area (Å²) in [7, 11) is -3.80. The number of halogens is 1. The van der Waals surface area contributed by atoms with Crippen LogP contribution < -0.4 is 10.2 Å². The number of hydrogen-bond acceptors (Lipinski definition) is 4. The monoisotopic (exact) mass is 416 g/mol. The van der Waals surface area contributed by atoms with Crippen molar-refractivity contribution in [3.05, 3.63) is 95.0 Å². The van der Waals surface area contributed by atoms with Gasteiger partial charge in [-0.2, -0.15) is 0 Å². The van der Waals surface area contributed by atoms with Crippen molar-refractivity contribution in [1.82, 2.24) is 5.48 Å². The molecule has 0 radical (unpaired) electrons. The summed E-state index contributed by atoms with van der Waals surface area (Å²) in [6.45, 7) is 0. The third-order valence-electron chi connectivity index (χ3n) is 4.11. The van der Waals surface area contributed by atoms with Crippen LogP contribution in [0.3, 0.4) is 0 Å². The average molecular weight is 417 g/mol. The van der Waals surface area contributed by atoms with E-state index in [1.807, 2.05) is 6.07 Å². The van der Waals surface area contributed by atoms with E-state index in [1.54, 1.807) is 66.1 Å². The summed E-state index contributed by atoms with van der Waals surface area (Å²) in [5, 5.41) is 9.40. The van der Waals surface area contributed by atoms with Gasteiger partial charge in [-0.1, -0.05) is 60.1 Å². The molecule has 144 valence electrons. The van der Waals surface area contributed by atoms with Gasteiger partial charge in [-0.3, -0.25) is 14.7 Å². The van der Waals surface area contributed by atoms with E-state index in [0.717, 1.165) is 0 Å². The van der Waals surface area contributed by atoms with E-state index in [-0.39, 0.29) is 4.90 Å². The maximum atomic E-state index is 12.5. The van der Waals surface area contributed by atoms with Crippen LogP contribution in [0.1, 0.15) is 17.0 Å². The molecule has 3 aromatic rings. The van der Waals surface area contributed by atoms with Crippen LogP contribution in [-0.2, 0) is 14.8 Å². The smallest absolute Gasteiger partial charge is 0.261 e. The Balaban J connectivity index is 1.87. The van der Waals surface area contributed by atoms with E-state index in [9.17, 15) is 13.2 Å². The quantitative estimate of drug-likeness (QED) is 0.421. The molecule has 3 aromatic carbocycles. The highest BCUT2D eigenvalue weighted by Gasteiger charge is 2.22. The van der Waals surface area contributed by atoms with Crippen LogP contribution in [-0.4, -0.2) is 19.5 Å². The Morgan fingerprint density at radius 2 is 1.54 bits per heavy atom. The first kappa shape index (κ1) is 19.9. The number of nitrogens with one attached hydrogen (secondary N) is 2. The van der Waals surface area contributed by atoms with E-state index >= 15 is 0 Å². The molecule has 0 aliphatic heterocycles. The van der Waals surface area contributed by atoms with E-state index in [2.05, 4.69) is 4.72 Å². The molecule has 0 saturated heterocycles. The van der Waals surface area contributed by atoms with Gasteiger partial charge in [-0.15, -0.1) is 0 Å². The highest BCUT2D eigenvalue weighted by atomic mass is 35.5. The molecule has 0 heterocycles. The molecule has 0 aliphatic rings. The number of sulfonamides is 1. The molecule has 28 heavy (non-hydrogen) atoms. The Hall–Kier alpha value is -2.87. The summed E-state index contributed by atoms with van der Waals surface area (Å²) < 4.78 is 27.4. The highest BCUT2D eigenvalue weighted by Crippen LogP contribution is 2.27. The average Bonchev–Trinajstić information content (AvgIpc) is 2.70. The maximum absolute atomic E-state index is 12.5. The molecule has 6 nitrogen and oxygen atoms in total. The van der Waals surface area contributed by atoms with Crippen LogP contribution in [0.4, 0.5) is 5.69 Å². The third-order valence-corrected chi connectivity index (χ3v) is 5.72. The molecular weight excluding hydrogens is 400 g/mol. The van der Waals surface area contributed by atoms with Crippen molar-refractivity contribution in [3.63, 3.8) is 0 Å². The predicted octanol–water partition coefficient (Wildman–Crippen LogP) is 3.78. The van der Waals surface area contributed by atoms with Crippen LogP contribution in [0.2, 0.25) is 5.02 Å². The number of hydroxylamine groups is 1. The topological polar surface area (TPSA) is 95.5 Å². The van der Waals surface area contributed by atoms with Crippen LogP contribution in [0, 0.1) is 0 Å². The standard InChI is InChI=1S/C20H17ClN2O4S/c21-16-7-4-8-18(13-16)28(26,27)23-17-11-9-15(10-12-17)19(20(24)22-25)14-5-2-1-3-6-14/h1-13,19,23,25H,(H,22,24). The molecule has 3 N–H and O–H groups in total. The highest BCUT2D eigenvalue weighted by molar-refractivity contribution is 7.92. The zero-order valence-electron chi connectivity index (χ0n) is 14.5. The Bertz CT molecular complexity index is 1070. The van der Waals surface area contributed by atoms with Crippen molar-refractivity contribution in [2.24, 2.45) is 0 Å². The van der Waals surface area contributed by atoms with E-state index in [4.69, 9.17) is 16.8 Å². The third kappa shape index (κ3) is 4.51. The molecular formula is C20H17ClN2O4S. The molecule has 1 atom stereocenters. The number of carbonyl (C=O) groups is 1. The first-order chi connectivity index (χ1) is 13.4. The predicted molar refractivity (Wildman–Crippen MR) is 107 cm³/mol. The lowest BCUT2D eigenvalue weighted by molar-refractivity contribution is -0.129. The number of hydrogen-bond donors (Lipinski definition) is 3. The second-order valence-electron chi connectivity index (χ2n) is 6.00. The van der Waals surface area contributed by atoms with Crippen molar-refractivity contribution in [1.29, 1.82) is 0 Å². The zero-order valence-corrected chi connectivity index (χ0v) is 16.1. The van der Waals surface area contributed by atoms with Gasteiger partial charge in [0.1, 0.15) is 0 Å². The molecule has 0 bridgehead atoms. The summed E-state index contributed by atoms with van der Waals surface area (Å²) >= 11 is 5.86. The normalized spacial score (nSPS) is 12.2. The van der Waals surface area contributed by atoms with Gasteiger partial charge in [0, 0.05) is 10.7 Å². The summed E-state index contributed by atoms with van der Waals surface area (Å²) in [5.74, 6) is -1.32. The second kappa shape index (κ2) is 8.43. The molecule has 0 aliphatic carbocycles. The van der Waals surface area contributed by atoms with Gasteiger partial charge in [-0.05, 0) is 41.5 Å². The first-order valence-electron chi connectivity index (χ1n) is 8.28. The lowest BCUT2D eigenvalue weighted by Gasteiger charge is -2.16. The van der Waals surface area contributed by atoms with Crippen molar-refractivity contribution >= 4 is 33.2 Å². The lowest BCUT2D eigenvalue weighted by Crippen LogP contribution is -2.27. The minimum Gasteiger partial charge on any atom is -0.289 e. The van der Waals surface area contributed by atoms with E-state index in [0.29, 0.717) is 21.8 Å². The summed E-state index contributed by atoms with van der Waals surface area (Å²) in [5.41, 5.74) is 3.31. The van der Waals surface area contributed by atoms with E-state index < -0.39 is 21.8 Å². The van der Waals surface area contributed by atoms with Crippen molar-refractivity contribution in [2.75, 3.05) is 4.72 Å². The molecule has 0 saturated carbocycles. The summed E-state index contributed by atoms with van der Waals surface area (Å²) in [6.07, 6.45) is 0. The van der Waals surface area contributed by atoms with Crippen molar-refractivity contribution in [3.8, 4) is 0 Å². The molecule has 1 unspecified atom stereocenters. The van der Waals surface area contributed by atoms with E-state index in [1.165, 1.54) is 12.1 Å². The molecule has 0 fully saturated rings. The molecule has 3 rings (SSSR count). The minimum atomic E-state index is -3.80. The van der Waals surface area contributed by atoms with Gasteiger partial charge in [0.2, 0.25) is 0 Å². The number of benzene rings is 3. The Labute approximate surface area is 167 Å². The fourth-order valence-corrected chi connectivity index (χ4v) is 4.16. The van der Waals surface area contributed by atoms with Gasteiger partial charge in [0.15, 0.2) is 0 Å². The van der Waals surface area contributed by atoms with Crippen molar-refractivity contribution < 1.29 is 18.4 Å². The minimum absolute atomic E-state index is 0.0471. The Morgan fingerprint density at radius 3 is 2.14 bits per heavy atom. The molecule has 1 amide bonds. The number of rotatable bonds is 6. The number of carbonyl (C=O) groups excluding carboxylic acids is 1. The summed E-state index contributed by atoms with van der Waals surface area (Å²) in [4.78, 5) is 12.2. The molecule has 8 heteroatoms. The van der Waals surface area contributed by atoms with Gasteiger partial charge >= 0.3 is 0 Å². The Kier molecular flexibility index (Phi) is 5.99. The largest absolute Gasteiger partial charge is 0.289 e. The lowest BCUT2D eigenvalue weighted by atomic mass is 9.90. The number of amides is 1. The van der Waals surface area contributed by atoms with Gasteiger partial charge < -0.3 is 0 Å². The molecule has 0 spiro atoms. The SMILES string of the molecule is O=C(NO)C(c1ccccc1)c1ccc(NS(=O)(=O)c2cccc(Cl)c2)cc1. The Morgan fingerprint density at radius 1 is 0.893 bits per heavy atom. The van der Waals surface area contributed by atoms with Gasteiger partial charge in [-0.25, -0.2) is 13.9 Å². The van der Waals surface area contributed by atoms with Crippen LogP contribution in [0.5, 0.6) is 0 Å². The first-order valence-corrected chi connectivity index (χ1v) is 10.1. The van der Waals surface area contributed by atoms with Crippen molar-refractivity contribution in [2.45, 2.75) is 10.8 Å². The fourth-order valence-electron chi connectivity index (χ4n) is 2.80.